The van der Waals surface area contributed by atoms with E-state index in [-0.39, 0.29) is 16.4 Å². The normalized spacial score (nSPS) is 11.5. The van der Waals surface area contributed by atoms with Crippen LogP contribution >= 0.6 is 0 Å². The molecular weight excluding hydrogens is 428 g/mol. The molecule has 4 aromatic carbocycles. The smallest absolute Gasteiger partial charge is 0.197 e. The van der Waals surface area contributed by atoms with Crippen molar-refractivity contribution in [2.45, 2.75) is 6.54 Å². The number of pyridine rings is 2. The molecule has 1 N–H and O–H groups in total. The number of aromatic nitrogens is 2. The lowest BCUT2D eigenvalue weighted by Crippen LogP contribution is -2.22. The molecule has 2 aromatic heterocycles. The average Bonchev–Trinajstić information content (AvgIpc) is 2.86. The highest BCUT2D eigenvalue weighted by Crippen LogP contribution is 2.25. The number of hydrogen-bond donors (Lipinski definition) is 1. The van der Waals surface area contributed by atoms with Crippen LogP contribution in [0.1, 0.15) is 15.9 Å². The van der Waals surface area contributed by atoms with Gasteiger partial charge in [-0.2, -0.15) is 0 Å². The van der Waals surface area contributed by atoms with Gasteiger partial charge < -0.3 is 19.5 Å². The van der Waals surface area contributed by atoms with Crippen molar-refractivity contribution in [3.8, 4) is 0 Å². The Kier molecular flexibility index (Phi) is 4.35. The molecule has 0 fully saturated rings. The number of rotatable bonds is 3. The third-order valence-corrected chi connectivity index (χ3v) is 6.33. The van der Waals surface area contributed by atoms with E-state index < -0.39 is 5.97 Å². The number of carboxylic acids is 1. The summed E-state index contributed by atoms with van der Waals surface area (Å²) in [5.41, 5.74) is 3.44. The van der Waals surface area contributed by atoms with Gasteiger partial charge in [0.1, 0.15) is 0 Å². The van der Waals surface area contributed by atoms with Crippen LogP contribution in [0.25, 0.3) is 43.6 Å². The quantitative estimate of drug-likeness (QED) is 0.422. The minimum absolute atomic E-state index is 0.0998. The highest BCUT2D eigenvalue weighted by molar-refractivity contribution is 6.03. The molecule has 0 aliphatic rings. The molecule has 6 nitrogen and oxygen atoms in total. The van der Waals surface area contributed by atoms with Crippen molar-refractivity contribution in [1.82, 2.24) is 9.55 Å². The molecule has 164 valence electrons. The van der Waals surface area contributed by atoms with Gasteiger partial charge in [-0.3, -0.25) is 9.59 Å². The van der Waals surface area contributed by atoms with E-state index in [0.717, 1.165) is 11.1 Å². The molecule has 0 saturated carbocycles. The molecule has 34 heavy (non-hydrogen) atoms. The molecule has 0 unspecified atom stereocenters. The minimum Gasteiger partial charge on any atom is -0.545 e. The number of fused-ring (bicyclic) bond motifs is 4. The lowest BCUT2D eigenvalue weighted by molar-refractivity contribution is -0.255. The Balaban J connectivity index is 1.70. The zero-order valence-electron chi connectivity index (χ0n) is 17.9. The number of nitrogens with zero attached hydrogens (tertiary/aromatic N) is 1. The summed E-state index contributed by atoms with van der Waals surface area (Å²) in [6.07, 6.45) is 0. The number of para-hydroxylation sites is 2. The second-order valence-electron chi connectivity index (χ2n) is 8.33. The lowest BCUT2D eigenvalue weighted by atomic mass is 10.0. The van der Waals surface area contributed by atoms with Gasteiger partial charge in [0.25, 0.3) is 0 Å². The van der Waals surface area contributed by atoms with Crippen molar-refractivity contribution < 1.29 is 9.90 Å². The molecule has 6 aromatic rings. The third kappa shape index (κ3) is 3.00. The third-order valence-electron chi connectivity index (χ3n) is 6.33. The molecule has 0 amide bonds. The van der Waals surface area contributed by atoms with Crippen LogP contribution in [-0.2, 0) is 6.54 Å². The maximum atomic E-state index is 13.4. The number of aromatic carboxylic acids is 1. The van der Waals surface area contributed by atoms with Crippen molar-refractivity contribution >= 4 is 49.6 Å². The number of aromatic amines is 1. The first-order valence-electron chi connectivity index (χ1n) is 10.8. The fourth-order valence-corrected chi connectivity index (χ4v) is 4.64. The molecule has 0 spiro atoms. The Hall–Kier alpha value is -4.71. The molecule has 0 saturated heterocycles. The van der Waals surface area contributed by atoms with Crippen LogP contribution in [0.3, 0.4) is 0 Å². The second-order valence-corrected chi connectivity index (χ2v) is 8.33. The van der Waals surface area contributed by atoms with Crippen LogP contribution in [0.5, 0.6) is 0 Å². The molecule has 0 atom stereocenters. The summed E-state index contributed by atoms with van der Waals surface area (Å²) >= 11 is 0. The summed E-state index contributed by atoms with van der Waals surface area (Å²) in [6.45, 7) is 0.390. The number of carbonyl (C=O) groups excluding carboxylic acids is 1. The maximum absolute atomic E-state index is 13.4. The molecule has 0 radical (unpaired) electrons. The highest BCUT2D eigenvalue weighted by Gasteiger charge is 2.14. The van der Waals surface area contributed by atoms with Gasteiger partial charge in [-0.25, -0.2) is 0 Å². The van der Waals surface area contributed by atoms with E-state index in [1.54, 1.807) is 36.4 Å². The van der Waals surface area contributed by atoms with E-state index in [4.69, 9.17) is 0 Å². The van der Waals surface area contributed by atoms with Crippen LogP contribution < -0.4 is 16.0 Å². The van der Waals surface area contributed by atoms with Gasteiger partial charge in [0, 0.05) is 33.6 Å². The number of hydrogen-bond acceptors (Lipinski definition) is 4. The van der Waals surface area contributed by atoms with Gasteiger partial charge in [0.05, 0.1) is 22.5 Å². The lowest BCUT2D eigenvalue weighted by Gasteiger charge is -2.16. The predicted molar refractivity (Wildman–Crippen MR) is 131 cm³/mol. The molecule has 6 rings (SSSR count). The number of nitrogens with one attached hydrogen (secondary N) is 1. The van der Waals surface area contributed by atoms with Crippen LogP contribution in [0, 0.1) is 0 Å². The topological polar surface area (TPSA) is 95.0 Å². The summed E-state index contributed by atoms with van der Waals surface area (Å²) in [6, 6.07) is 24.7. The van der Waals surface area contributed by atoms with Gasteiger partial charge in [0.2, 0.25) is 0 Å². The monoisotopic (exact) mass is 445 g/mol. The highest BCUT2D eigenvalue weighted by atomic mass is 16.4. The summed E-state index contributed by atoms with van der Waals surface area (Å²) in [5, 5.41) is 13.3. The maximum Gasteiger partial charge on any atom is 0.197 e. The van der Waals surface area contributed by atoms with Crippen molar-refractivity contribution in [2.24, 2.45) is 0 Å². The average molecular weight is 445 g/mol. The molecule has 2 heterocycles. The van der Waals surface area contributed by atoms with Crippen molar-refractivity contribution in [3.05, 3.63) is 117 Å². The molecule has 6 heteroatoms. The number of benzene rings is 4. The van der Waals surface area contributed by atoms with Crippen molar-refractivity contribution in [3.63, 3.8) is 0 Å². The van der Waals surface area contributed by atoms with Gasteiger partial charge in [-0.1, -0.05) is 48.5 Å². The fraction of sp³-hybridized carbons (Fsp3) is 0.0357. The van der Waals surface area contributed by atoms with Crippen molar-refractivity contribution in [1.29, 1.82) is 0 Å². The van der Waals surface area contributed by atoms with E-state index in [1.165, 1.54) is 12.1 Å². The van der Waals surface area contributed by atoms with Crippen LogP contribution in [-0.4, -0.2) is 15.5 Å². The zero-order valence-corrected chi connectivity index (χ0v) is 17.9. The molecule has 0 aliphatic carbocycles. The van der Waals surface area contributed by atoms with E-state index >= 15 is 0 Å². The largest absolute Gasteiger partial charge is 0.545 e. The van der Waals surface area contributed by atoms with E-state index in [0.29, 0.717) is 44.6 Å². The van der Waals surface area contributed by atoms with E-state index in [2.05, 4.69) is 4.98 Å². The molecule has 0 bridgehead atoms. The summed E-state index contributed by atoms with van der Waals surface area (Å²) < 4.78 is 1.99. The SMILES string of the molecule is O=C([O-])c1ccc(Cn2c3ccccc3c(=O)c3cc4[nH]c5ccccc5c(=O)c4cc32)cc1. The predicted octanol–water partition coefficient (Wildman–Crippen LogP) is 3.56. The number of carbonyl (C=O) groups is 1. The Morgan fingerprint density at radius 2 is 1.38 bits per heavy atom. The standard InChI is InChI=1S/C28H18N2O4/c31-26-18-5-1-3-7-22(18)29-23-13-21-25(14-20(23)26)30(24-8-4-2-6-19(24)27(21)32)15-16-9-11-17(12-10-16)28(33)34/h1-14H,15H2,(H,29,31)(H,33,34)/p-1. The first-order chi connectivity index (χ1) is 16.5. The zero-order chi connectivity index (χ0) is 23.4. The van der Waals surface area contributed by atoms with Crippen LogP contribution in [0.2, 0.25) is 0 Å². The van der Waals surface area contributed by atoms with Gasteiger partial charge in [-0.15, -0.1) is 0 Å². The first-order valence-corrected chi connectivity index (χ1v) is 10.8. The molecule has 0 aliphatic heterocycles. The fourth-order valence-electron chi connectivity index (χ4n) is 4.64. The van der Waals surface area contributed by atoms with E-state index in [9.17, 15) is 19.5 Å². The Morgan fingerprint density at radius 1 is 0.706 bits per heavy atom. The number of carboxylic acid groups (broad SMARTS) is 1. The van der Waals surface area contributed by atoms with Crippen LogP contribution in [0.4, 0.5) is 0 Å². The van der Waals surface area contributed by atoms with Gasteiger partial charge in [0.15, 0.2) is 10.9 Å². The number of H-pyrrole nitrogens is 1. The summed E-state index contributed by atoms with van der Waals surface area (Å²) in [4.78, 5) is 41.1. The Labute approximate surface area is 192 Å². The Bertz CT molecular complexity index is 1900. The first kappa shape index (κ1) is 19.9. The summed E-state index contributed by atoms with van der Waals surface area (Å²) in [7, 11) is 0. The second kappa shape index (κ2) is 7.42. The van der Waals surface area contributed by atoms with Crippen LogP contribution in [0.15, 0.2) is 94.5 Å². The minimum atomic E-state index is -1.23. The molecular formula is C28H17N2O4-. The van der Waals surface area contributed by atoms with Gasteiger partial charge >= 0.3 is 0 Å². The summed E-state index contributed by atoms with van der Waals surface area (Å²) in [5.74, 6) is -1.23. The van der Waals surface area contributed by atoms with E-state index in [1.807, 2.05) is 41.0 Å². The van der Waals surface area contributed by atoms with Crippen molar-refractivity contribution in [2.75, 3.05) is 0 Å². The Morgan fingerprint density at radius 3 is 2.15 bits per heavy atom. The van der Waals surface area contributed by atoms with Gasteiger partial charge in [-0.05, 0) is 47.5 Å².